The van der Waals surface area contributed by atoms with E-state index in [2.05, 4.69) is 17.1 Å². The molecular formula is C20H26N2O3S. The lowest BCUT2D eigenvalue weighted by Gasteiger charge is -2.41. The summed E-state index contributed by atoms with van der Waals surface area (Å²) in [7, 11) is 1.62. The molecule has 1 unspecified atom stereocenters. The Bertz CT molecular complexity index is 745. The monoisotopic (exact) mass is 374 g/mol. The molecule has 26 heavy (non-hydrogen) atoms. The lowest BCUT2D eigenvalue weighted by atomic mass is 9.84. The van der Waals surface area contributed by atoms with Gasteiger partial charge >= 0.3 is 0 Å². The van der Waals surface area contributed by atoms with Crippen molar-refractivity contribution < 1.29 is 14.3 Å². The molecule has 0 amide bonds. The second kappa shape index (κ2) is 8.08. The van der Waals surface area contributed by atoms with Gasteiger partial charge in [0.2, 0.25) is 0 Å². The molecule has 1 N–H and O–H groups in total. The first kappa shape index (κ1) is 18.7. The molecule has 1 aliphatic heterocycles. The maximum Gasteiger partial charge on any atom is 0.173 e. The fourth-order valence-corrected chi connectivity index (χ4v) is 4.02. The zero-order chi connectivity index (χ0) is 18.7. The molecule has 0 bridgehead atoms. The summed E-state index contributed by atoms with van der Waals surface area (Å²) >= 11 is 5.62. The van der Waals surface area contributed by atoms with Crippen molar-refractivity contribution in [2.75, 3.05) is 20.3 Å². The molecule has 0 spiro atoms. The van der Waals surface area contributed by atoms with Gasteiger partial charge in [0.05, 0.1) is 19.8 Å². The van der Waals surface area contributed by atoms with E-state index in [0.29, 0.717) is 29.6 Å². The molecule has 6 heteroatoms. The van der Waals surface area contributed by atoms with Gasteiger partial charge in [-0.1, -0.05) is 13.0 Å². The number of carbonyl (C=O) groups excluding carboxylic acids is 1. The van der Waals surface area contributed by atoms with E-state index in [0.717, 1.165) is 42.6 Å². The quantitative estimate of drug-likeness (QED) is 0.766. The van der Waals surface area contributed by atoms with Crippen molar-refractivity contribution in [3.63, 3.8) is 0 Å². The van der Waals surface area contributed by atoms with Crippen molar-refractivity contribution in [3.05, 3.63) is 35.0 Å². The summed E-state index contributed by atoms with van der Waals surface area (Å²) in [4.78, 5) is 14.9. The van der Waals surface area contributed by atoms with Crippen LogP contribution in [0.25, 0.3) is 0 Å². The summed E-state index contributed by atoms with van der Waals surface area (Å²) in [5.41, 5.74) is 2.91. The topological polar surface area (TPSA) is 50.8 Å². The number of hydrogen-bond acceptors (Lipinski definition) is 4. The van der Waals surface area contributed by atoms with Crippen LogP contribution in [-0.2, 0) is 4.79 Å². The number of ether oxygens (including phenoxy) is 2. The van der Waals surface area contributed by atoms with Crippen molar-refractivity contribution in [2.45, 2.75) is 45.6 Å². The highest BCUT2D eigenvalue weighted by Gasteiger charge is 2.37. The lowest BCUT2D eigenvalue weighted by molar-refractivity contribution is -0.116. The minimum Gasteiger partial charge on any atom is -0.493 e. The average molecular weight is 375 g/mol. The van der Waals surface area contributed by atoms with Gasteiger partial charge in [-0.25, -0.2) is 0 Å². The first-order valence-corrected chi connectivity index (χ1v) is 9.66. The predicted octanol–water partition coefficient (Wildman–Crippen LogP) is 3.74. The van der Waals surface area contributed by atoms with Gasteiger partial charge in [0, 0.05) is 24.2 Å². The lowest BCUT2D eigenvalue weighted by Crippen LogP contribution is -2.49. The number of hydrogen-bond donors (Lipinski definition) is 1. The Balaban J connectivity index is 2.06. The van der Waals surface area contributed by atoms with Crippen LogP contribution in [0, 0.1) is 0 Å². The SMILES string of the molecule is CCCN1C(=S)NC(c2ccc(OC)c(OCC)c2)C2=C1CCCC2=O. The van der Waals surface area contributed by atoms with Crippen molar-refractivity contribution in [1.29, 1.82) is 0 Å². The Hall–Kier alpha value is -2.08. The van der Waals surface area contributed by atoms with Crippen LogP contribution >= 0.6 is 12.2 Å². The first-order valence-electron chi connectivity index (χ1n) is 9.25. The van der Waals surface area contributed by atoms with Crippen LogP contribution in [-0.4, -0.2) is 36.1 Å². The van der Waals surface area contributed by atoms with Gasteiger partial charge in [-0.3, -0.25) is 4.79 Å². The fourth-order valence-electron chi connectivity index (χ4n) is 3.70. The van der Waals surface area contributed by atoms with E-state index in [1.807, 2.05) is 25.1 Å². The summed E-state index contributed by atoms with van der Waals surface area (Å²) < 4.78 is 11.1. The van der Waals surface area contributed by atoms with Crippen LogP contribution in [0.3, 0.4) is 0 Å². The van der Waals surface area contributed by atoms with E-state index in [1.54, 1.807) is 7.11 Å². The number of carbonyl (C=O) groups is 1. The van der Waals surface area contributed by atoms with Crippen LogP contribution in [0.1, 0.15) is 51.1 Å². The molecule has 1 aromatic rings. The van der Waals surface area contributed by atoms with Gasteiger partial charge in [-0.05, 0) is 56.1 Å². The number of nitrogens with one attached hydrogen (secondary N) is 1. The molecule has 1 aliphatic carbocycles. The fraction of sp³-hybridized carbons (Fsp3) is 0.500. The van der Waals surface area contributed by atoms with Gasteiger partial charge in [0.1, 0.15) is 0 Å². The molecule has 2 aliphatic rings. The molecular weight excluding hydrogens is 348 g/mol. The smallest absolute Gasteiger partial charge is 0.173 e. The Labute approximate surface area is 160 Å². The zero-order valence-electron chi connectivity index (χ0n) is 15.6. The number of nitrogens with zero attached hydrogens (tertiary/aromatic N) is 1. The number of ketones is 1. The highest BCUT2D eigenvalue weighted by molar-refractivity contribution is 7.80. The van der Waals surface area contributed by atoms with Gasteiger partial charge in [-0.2, -0.15) is 0 Å². The molecule has 0 saturated heterocycles. The minimum absolute atomic E-state index is 0.209. The summed E-state index contributed by atoms with van der Waals surface area (Å²) in [6.45, 7) is 5.44. The van der Waals surface area contributed by atoms with Crippen LogP contribution in [0.2, 0.25) is 0 Å². The largest absolute Gasteiger partial charge is 0.493 e. The number of rotatable bonds is 6. The third-order valence-corrected chi connectivity index (χ3v) is 5.16. The maximum absolute atomic E-state index is 12.8. The van der Waals surface area contributed by atoms with Gasteiger partial charge < -0.3 is 19.7 Å². The highest BCUT2D eigenvalue weighted by atomic mass is 32.1. The number of benzene rings is 1. The van der Waals surface area contributed by atoms with Crippen LogP contribution in [0.5, 0.6) is 11.5 Å². The Morgan fingerprint density at radius 3 is 2.77 bits per heavy atom. The molecule has 0 fully saturated rings. The van der Waals surface area contributed by atoms with E-state index < -0.39 is 0 Å². The molecule has 1 atom stereocenters. The molecule has 1 heterocycles. The average Bonchev–Trinajstić information content (AvgIpc) is 2.64. The second-order valence-electron chi connectivity index (χ2n) is 6.51. The van der Waals surface area contributed by atoms with E-state index in [4.69, 9.17) is 21.7 Å². The van der Waals surface area contributed by atoms with Crippen LogP contribution in [0.4, 0.5) is 0 Å². The van der Waals surface area contributed by atoms with Crippen molar-refractivity contribution in [3.8, 4) is 11.5 Å². The number of methoxy groups -OCH3 is 1. The van der Waals surface area contributed by atoms with E-state index in [-0.39, 0.29) is 11.8 Å². The summed E-state index contributed by atoms with van der Waals surface area (Å²) in [6.07, 6.45) is 3.36. The predicted molar refractivity (Wildman–Crippen MR) is 106 cm³/mol. The summed E-state index contributed by atoms with van der Waals surface area (Å²) in [6, 6.07) is 5.58. The molecule has 140 valence electrons. The van der Waals surface area contributed by atoms with Crippen molar-refractivity contribution in [1.82, 2.24) is 10.2 Å². The van der Waals surface area contributed by atoms with E-state index in [1.165, 1.54) is 0 Å². The van der Waals surface area contributed by atoms with E-state index in [9.17, 15) is 4.79 Å². The van der Waals surface area contributed by atoms with Gasteiger partial charge in [-0.15, -0.1) is 0 Å². The molecule has 0 saturated carbocycles. The Morgan fingerprint density at radius 1 is 1.27 bits per heavy atom. The van der Waals surface area contributed by atoms with E-state index >= 15 is 0 Å². The Kier molecular flexibility index (Phi) is 5.81. The van der Waals surface area contributed by atoms with Crippen molar-refractivity contribution in [2.24, 2.45) is 0 Å². The zero-order valence-corrected chi connectivity index (χ0v) is 16.4. The molecule has 5 nitrogen and oxygen atoms in total. The minimum atomic E-state index is -0.233. The van der Waals surface area contributed by atoms with Crippen LogP contribution in [0.15, 0.2) is 29.5 Å². The van der Waals surface area contributed by atoms with Crippen molar-refractivity contribution >= 4 is 23.1 Å². The number of Topliss-reactive ketones (excluding diaryl/α,β-unsaturated/α-hetero) is 1. The second-order valence-corrected chi connectivity index (χ2v) is 6.90. The van der Waals surface area contributed by atoms with Gasteiger partial charge in [0.15, 0.2) is 22.4 Å². The molecule has 3 rings (SSSR count). The third-order valence-electron chi connectivity index (χ3n) is 4.82. The number of allylic oxidation sites excluding steroid dienone is 1. The molecule has 0 radical (unpaired) electrons. The summed E-state index contributed by atoms with van der Waals surface area (Å²) in [5.74, 6) is 1.58. The maximum atomic E-state index is 12.8. The number of thiocarbonyl (C=S) groups is 1. The molecule has 1 aromatic carbocycles. The normalized spacial score (nSPS) is 20.0. The first-order chi connectivity index (χ1) is 12.6. The molecule has 0 aromatic heterocycles. The standard InChI is InChI=1S/C20H26N2O3S/c1-4-11-22-14-7-6-8-15(23)18(14)19(21-20(22)26)13-9-10-16(24-3)17(12-13)25-5-2/h9-10,12,19H,4-8,11H2,1-3H3,(H,21,26). The highest BCUT2D eigenvalue weighted by Crippen LogP contribution is 2.39. The summed E-state index contributed by atoms with van der Waals surface area (Å²) in [5, 5.41) is 4.08. The van der Waals surface area contributed by atoms with Crippen LogP contribution < -0.4 is 14.8 Å². The third kappa shape index (κ3) is 3.43. The van der Waals surface area contributed by atoms with Gasteiger partial charge in [0.25, 0.3) is 0 Å². The Morgan fingerprint density at radius 2 is 2.08 bits per heavy atom.